The summed E-state index contributed by atoms with van der Waals surface area (Å²) in [6, 6.07) is 7.11. The molecule has 0 heterocycles. The number of hydrogen-bond donors (Lipinski definition) is 0. The molecule has 1 rings (SSSR count). The van der Waals surface area contributed by atoms with Crippen LogP contribution in [0.25, 0.3) is 0 Å². The lowest BCUT2D eigenvalue weighted by molar-refractivity contribution is -0.116. The van der Waals surface area contributed by atoms with E-state index in [1.165, 1.54) is 7.11 Å². The van der Waals surface area contributed by atoms with E-state index in [4.69, 9.17) is 0 Å². The van der Waals surface area contributed by atoms with Crippen molar-refractivity contribution >= 4 is 17.4 Å². The van der Waals surface area contributed by atoms with Crippen molar-refractivity contribution in [2.24, 2.45) is 0 Å². The Morgan fingerprint density at radius 3 is 2.29 bits per heavy atom. The lowest BCUT2D eigenvalue weighted by Gasteiger charge is -2.18. The van der Waals surface area contributed by atoms with Crippen LogP contribution in [0.5, 0.6) is 0 Å². The minimum Gasteiger partial charge on any atom is -0.465 e. The van der Waals surface area contributed by atoms with Crippen LogP contribution in [0.2, 0.25) is 0 Å². The van der Waals surface area contributed by atoms with Gasteiger partial charge in [-0.15, -0.1) is 0 Å². The van der Waals surface area contributed by atoms with E-state index in [0.717, 1.165) is 5.69 Å². The highest BCUT2D eigenvalue weighted by Gasteiger charge is 2.06. The molecule has 4 nitrogen and oxygen atoms in total. The summed E-state index contributed by atoms with van der Waals surface area (Å²) in [4.78, 5) is 24.1. The summed E-state index contributed by atoms with van der Waals surface area (Å²) in [7, 11) is 3.27. The van der Waals surface area contributed by atoms with Gasteiger partial charge in [-0.25, -0.2) is 4.79 Å². The van der Waals surface area contributed by atoms with Gasteiger partial charge in [0, 0.05) is 25.7 Å². The standard InChI is InChI=1S/C13H17NO3/c1-10(15)8-9-14(2)12-6-4-11(5-7-12)13(16)17-3/h4-7H,8-9H2,1-3H3. The largest absolute Gasteiger partial charge is 0.465 e. The van der Waals surface area contributed by atoms with Gasteiger partial charge in [0.15, 0.2) is 0 Å². The normalized spacial score (nSPS) is 9.82. The molecule has 17 heavy (non-hydrogen) atoms. The van der Waals surface area contributed by atoms with E-state index in [9.17, 15) is 9.59 Å². The predicted molar refractivity (Wildman–Crippen MR) is 66.3 cm³/mol. The van der Waals surface area contributed by atoms with Gasteiger partial charge in [0.1, 0.15) is 5.78 Å². The third kappa shape index (κ3) is 3.90. The molecule has 1 aromatic carbocycles. The average Bonchev–Trinajstić information content (AvgIpc) is 2.35. The van der Waals surface area contributed by atoms with Crippen molar-refractivity contribution in [2.45, 2.75) is 13.3 Å². The van der Waals surface area contributed by atoms with E-state index in [0.29, 0.717) is 18.5 Å². The number of methoxy groups -OCH3 is 1. The summed E-state index contributed by atoms with van der Waals surface area (Å²) in [6.45, 7) is 2.25. The van der Waals surface area contributed by atoms with Gasteiger partial charge >= 0.3 is 5.97 Å². The fourth-order valence-electron chi connectivity index (χ4n) is 1.42. The Kier molecular flexibility index (Phi) is 4.69. The number of carbonyl (C=O) groups excluding carboxylic acids is 2. The Morgan fingerprint density at radius 2 is 1.82 bits per heavy atom. The fourth-order valence-corrected chi connectivity index (χ4v) is 1.42. The first-order chi connectivity index (χ1) is 8.04. The topological polar surface area (TPSA) is 46.6 Å². The van der Waals surface area contributed by atoms with Crippen LogP contribution in [0.4, 0.5) is 5.69 Å². The molecule has 0 amide bonds. The molecule has 0 aliphatic rings. The molecule has 0 saturated carbocycles. The molecule has 0 unspecified atom stereocenters. The minimum absolute atomic E-state index is 0.169. The molecule has 0 N–H and O–H groups in total. The van der Waals surface area contributed by atoms with Crippen LogP contribution in [-0.2, 0) is 9.53 Å². The zero-order chi connectivity index (χ0) is 12.8. The number of nitrogens with zero attached hydrogens (tertiary/aromatic N) is 1. The van der Waals surface area contributed by atoms with Crippen molar-refractivity contribution in [1.82, 2.24) is 0 Å². The molecule has 0 atom stereocenters. The quantitative estimate of drug-likeness (QED) is 0.731. The van der Waals surface area contributed by atoms with Crippen molar-refractivity contribution in [3.8, 4) is 0 Å². The van der Waals surface area contributed by atoms with E-state index < -0.39 is 0 Å². The van der Waals surface area contributed by atoms with Gasteiger partial charge in [0.25, 0.3) is 0 Å². The second-order valence-electron chi connectivity index (χ2n) is 3.91. The smallest absolute Gasteiger partial charge is 0.337 e. The molecular formula is C13H17NO3. The molecular weight excluding hydrogens is 218 g/mol. The average molecular weight is 235 g/mol. The minimum atomic E-state index is -0.345. The Labute approximate surface area is 101 Å². The van der Waals surface area contributed by atoms with Crippen LogP contribution < -0.4 is 4.90 Å². The SMILES string of the molecule is COC(=O)c1ccc(N(C)CCC(C)=O)cc1. The zero-order valence-corrected chi connectivity index (χ0v) is 10.4. The third-order valence-electron chi connectivity index (χ3n) is 2.53. The van der Waals surface area contributed by atoms with Crippen molar-refractivity contribution in [3.05, 3.63) is 29.8 Å². The first-order valence-corrected chi connectivity index (χ1v) is 5.43. The van der Waals surface area contributed by atoms with Gasteiger partial charge < -0.3 is 9.64 Å². The number of Topliss-reactive ketones (excluding diaryl/α,β-unsaturated/α-hetero) is 1. The Bertz CT molecular complexity index is 398. The van der Waals surface area contributed by atoms with Crippen LogP contribution in [0.1, 0.15) is 23.7 Å². The van der Waals surface area contributed by atoms with Crippen molar-refractivity contribution in [2.75, 3.05) is 25.6 Å². The first-order valence-electron chi connectivity index (χ1n) is 5.43. The summed E-state index contributed by atoms with van der Waals surface area (Å²) < 4.78 is 4.62. The molecule has 4 heteroatoms. The number of ether oxygens (including phenoxy) is 1. The van der Waals surface area contributed by atoms with E-state index in [1.54, 1.807) is 19.1 Å². The summed E-state index contributed by atoms with van der Waals surface area (Å²) >= 11 is 0. The Hall–Kier alpha value is -1.84. The molecule has 92 valence electrons. The third-order valence-corrected chi connectivity index (χ3v) is 2.53. The van der Waals surface area contributed by atoms with Gasteiger partial charge in [-0.1, -0.05) is 0 Å². The molecule has 0 aromatic heterocycles. The molecule has 0 spiro atoms. The highest BCUT2D eigenvalue weighted by molar-refractivity contribution is 5.89. The van der Waals surface area contributed by atoms with Gasteiger partial charge in [-0.3, -0.25) is 4.79 Å². The zero-order valence-electron chi connectivity index (χ0n) is 10.4. The van der Waals surface area contributed by atoms with Crippen molar-refractivity contribution in [1.29, 1.82) is 0 Å². The maximum absolute atomic E-state index is 11.2. The second-order valence-corrected chi connectivity index (χ2v) is 3.91. The molecule has 0 bridgehead atoms. The maximum Gasteiger partial charge on any atom is 0.337 e. The van der Waals surface area contributed by atoms with Crippen LogP contribution in [0.15, 0.2) is 24.3 Å². The van der Waals surface area contributed by atoms with Gasteiger partial charge in [-0.05, 0) is 31.2 Å². The van der Waals surface area contributed by atoms with Crippen LogP contribution in [0.3, 0.4) is 0 Å². The number of benzene rings is 1. The number of hydrogen-bond acceptors (Lipinski definition) is 4. The lowest BCUT2D eigenvalue weighted by atomic mass is 10.2. The predicted octanol–water partition coefficient (Wildman–Crippen LogP) is 1.89. The summed E-state index contributed by atoms with van der Waals surface area (Å²) in [6.07, 6.45) is 0.523. The summed E-state index contributed by atoms with van der Waals surface area (Å²) in [5.74, 6) is -0.175. The molecule has 0 aliphatic carbocycles. The molecule has 0 radical (unpaired) electrons. The van der Waals surface area contributed by atoms with Crippen molar-refractivity contribution in [3.63, 3.8) is 0 Å². The molecule has 1 aromatic rings. The van der Waals surface area contributed by atoms with E-state index >= 15 is 0 Å². The second kappa shape index (κ2) is 6.03. The van der Waals surface area contributed by atoms with E-state index in [1.807, 2.05) is 24.1 Å². The van der Waals surface area contributed by atoms with Gasteiger partial charge in [-0.2, -0.15) is 0 Å². The summed E-state index contributed by atoms with van der Waals surface area (Å²) in [5, 5.41) is 0. The number of carbonyl (C=O) groups is 2. The Morgan fingerprint density at radius 1 is 1.24 bits per heavy atom. The fraction of sp³-hybridized carbons (Fsp3) is 0.385. The first kappa shape index (κ1) is 13.2. The lowest BCUT2D eigenvalue weighted by Crippen LogP contribution is -2.20. The van der Waals surface area contributed by atoms with Crippen molar-refractivity contribution < 1.29 is 14.3 Å². The monoisotopic (exact) mass is 235 g/mol. The van der Waals surface area contributed by atoms with Gasteiger partial charge in [0.05, 0.1) is 12.7 Å². The van der Waals surface area contributed by atoms with Gasteiger partial charge in [0.2, 0.25) is 0 Å². The number of esters is 1. The highest BCUT2D eigenvalue weighted by Crippen LogP contribution is 2.14. The van der Waals surface area contributed by atoms with Crippen LogP contribution >= 0.6 is 0 Å². The molecule has 0 aliphatic heterocycles. The molecule has 0 fully saturated rings. The number of anilines is 1. The molecule has 0 saturated heterocycles. The number of ketones is 1. The maximum atomic E-state index is 11.2. The van der Waals surface area contributed by atoms with E-state index in [-0.39, 0.29) is 11.8 Å². The number of rotatable bonds is 5. The van der Waals surface area contributed by atoms with Crippen LogP contribution in [-0.4, -0.2) is 32.5 Å². The highest BCUT2D eigenvalue weighted by atomic mass is 16.5. The van der Waals surface area contributed by atoms with Crippen LogP contribution in [0, 0.1) is 0 Å². The Balaban J connectivity index is 2.66. The van der Waals surface area contributed by atoms with E-state index in [2.05, 4.69) is 4.74 Å². The summed E-state index contributed by atoms with van der Waals surface area (Å²) in [5.41, 5.74) is 1.50.